The van der Waals surface area contributed by atoms with Crippen LogP contribution in [0, 0.1) is 46.9 Å². The van der Waals surface area contributed by atoms with Crippen LogP contribution in [0.15, 0.2) is 30.5 Å². The van der Waals surface area contributed by atoms with E-state index in [-0.39, 0.29) is 22.4 Å². The zero-order chi connectivity index (χ0) is 29.2. The number of nitrogens with zero attached hydrogens (tertiary/aromatic N) is 7. The Hall–Kier alpha value is -4.71. The molecule has 4 rings (SSSR count). The molecule has 1 unspecified atom stereocenters. The van der Waals surface area contributed by atoms with E-state index in [0.717, 1.165) is 10.7 Å². The first kappa shape index (κ1) is 28.3. The van der Waals surface area contributed by atoms with E-state index in [1.165, 1.54) is 19.2 Å². The summed E-state index contributed by atoms with van der Waals surface area (Å²) in [6, 6.07) is 8.17. The molecule has 0 aliphatic heterocycles. The smallest absolute Gasteiger partial charge is 0.237 e. The third-order valence-corrected chi connectivity index (χ3v) is 6.30. The van der Waals surface area contributed by atoms with Gasteiger partial charge in [-0.1, -0.05) is 32.1 Å². The van der Waals surface area contributed by atoms with E-state index in [9.17, 15) is 19.3 Å². The quantitative estimate of drug-likeness (QED) is 0.267. The van der Waals surface area contributed by atoms with Crippen LogP contribution >= 0.6 is 0 Å². The summed E-state index contributed by atoms with van der Waals surface area (Å²) < 4.78 is 43.5. The molecular formula is C28H28F3N9. The van der Waals surface area contributed by atoms with Crippen molar-refractivity contribution in [2.75, 3.05) is 23.9 Å². The maximum Gasteiger partial charge on any atom is 0.237 e. The van der Waals surface area contributed by atoms with Gasteiger partial charge in [0.2, 0.25) is 11.9 Å². The Labute approximate surface area is 229 Å². The molecule has 2 N–H and O–H groups in total. The lowest BCUT2D eigenvalue weighted by Gasteiger charge is -2.23. The van der Waals surface area contributed by atoms with Gasteiger partial charge in [0.15, 0.2) is 0 Å². The summed E-state index contributed by atoms with van der Waals surface area (Å²) in [6.45, 7) is 8.82. The van der Waals surface area contributed by atoms with Gasteiger partial charge in [0.1, 0.15) is 30.5 Å². The summed E-state index contributed by atoms with van der Waals surface area (Å²) in [4.78, 5) is 8.21. The van der Waals surface area contributed by atoms with Crippen LogP contribution in [-0.4, -0.2) is 38.2 Å². The molecule has 0 amide bonds. The minimum absolute atomic E-state index is 0.117. The van der Waals surface area contributed by atoms with Crippen molar-refractivity contribution in [1.82, 2.24) is 25.0 Å². The van der Waals surface area contributed by atoms with Crippen molar-refractivity contribution in [3.05, 3.63) is 70.4 Å². The highest BCUT2D eigenvalue weighted by atomic mass is 19.1. The number of nitriles is 2. The number of halogens is 3. The van der Waals surface area contributed by atoms with E-state index < -0.39 is 30.7 Å². The van der Waals surface area contributed by atoms with Crippen molar-refractivity contribution in [1.29, 1.82) is 10.5 Å². The number of aromatic nitrogens is 5. The predicted octanol–water partition coefficient (Wildman–Crippen LogP) is 5.74. The molecule has 0 aliphatic carbocycles. The second-order valence-corrected chi connectivity index (χ2v) is 10.7. The third kappa shape index (κ3) is 5.66. The molecule has 0 aliphatic rings. The van der Waals surface area contributed by atoms with E-state index in [2.05, 4.69) is 43.1 Å². The number of aryl methyl sites for hydroxylation is 1. The van der Waals surface area contributed by atoms with E-state index in [4.69, 9.17) is 0 Å². The number of rotatable bonds is 8. The molecule has 40 heavy (non-hydrogen) atoms. The van der Waals surface area contributed by atoms with Crippen LogP contribution in [0.4, 0.5) is 24.5 Å². The van der Waals surface area contributed by atoms with Crippen molar-refractivity contribution in [2.45, 2.75) is 46.7 Å². The van der Waals surface area contributed by atoms with Crippen LogP contribution in [0.25, 0.3) is 10.9 Å². The second-order valence-electron chi connectivity index (χ2n) is 10.7. The lowest BCUT2D eigenvalue weighted by molar-refractivity contribution is 0.314. The second kappa shape index (κ2) is 11.2. The molecule has 12 heteroatoms. The molecule has 0 spiro atoms. The molecule has 0 fully saturated rings. The van der Waals surface area contributed by atoms with Gasteiger partial charge in [-0.2, -0.15) is 19.3 Å². The number of benzene rings is 1. The van der Waals surface area contributed by atoms with E-state index in [0.29, 0.717) is 39.9 Å². The topological polar surface area (TPSA) is 128 Å². The molecule has 0 bridgehead atoms. The summed E-state index contributed by atoms with van der Waals surface area (Å²) in [5, 5.41) is 34.5. The lowest BCUT2D eigenvalue weighted by atomic mass is 9.96. The minimum Gasteiger partial charge on any atom is -0.383 e. The maximum atomic E-state index is 15.5. The summed E-state index contributed by atoms with van der Waals surface area (Å²) in [5.41, 5.74) is 2.16. The number of fused-ring (bicyclic) bond motifs is 1. The normalized spacial score (nSPS) is 12.9. The van der Waals surface area contributed by atoms with Crippen LogP contribution in [0.2, 0.25) is 0 Å². The number of pyridine rings is 2. The molecule has 0 radical (unpaired) electrons. The van der Waals surface area contributed by atoms with Gasteiger partial charge in [0.25, 0.3) is 0 Å². The maximum absolute atomic E-state index is 15.5. The van der Waals surface area contributed by atoms with Gasteiger partial charge in [-0.15, -0.1) is 5.10 Å². The summed E-state index contributed by atoms with van der Waals surface area (Å²) in [6.07, 6.45) is 1.41. The number of anilines is 2. The molecule has 0 saturated carbocycles. The molecule has 2 atom stereocenters. The fourth-order valence-electron chi connectivity index (χ4n) is 4.22. The van der Waals surface area contributed by atoms with Gasteiger partial charge >= 0.3 is 0 Å². The van der Waals surface area contributed by atoms with Gasteiger partial charge in [0.05, 0.1) is 28.4 Å². The Balaban J connectivity index is 1.90. The van der Waals surface area contributed by atoms with Crippen molar-refractivity contribution in [3.8, 4) is 12.1 Å². The average Bonchev–Trinajstić information content (AvgIpc) is 3.29. The van der Waals surface area contributed by atoms with Crippen molar-refractivity contribution >= 4 is 22.3 Å². The van der Waals surface area contributed by atoms with E-state index in [1.807, 2.05) is 20.8 Å². The summed E-state index contributed by atoms with van der Waals surface area (Å²) >= 11 is 0. The zero-order valence-electron chi connectivity index (χ0n) is 22.7. The molecule has 0 saturated heterocycles. The fraction of sp³-hybridized carbons (Fsp3) is 0.357. The Morgan fingerprint density at radius 1 is 1.10 bits per heavy atom. The molecule has 4 aromatic rings. The van der Waals surface area contributed by atoms with Crippen LogP contribution in [0.3, 0.4) is 0 Å². The van der Waals surface area contributed by atoms with Crippen LogP contribution in [0.1, 0.15) is 67.9 Å². The Bertz CT molecular complexity index is 1640. The summed E-state index contributed by atoms with van der Waals surface area (Å²) in [5.74, 6) is -1.58. The standard InChI is InChI=1S/C28H28F3N9/c1-15(10-29)40-27(31)26(38-39-40)25(20-6-7-22(30)36-16(20)2)37-19-8-17(11-32)23-21(9-19)24(18(12-33)13-34-23)35-14-28(3,4)5/h6-9,13,15,25,37H,10,14H2,1-5H3,(H,34,35)/t15?,25-/m0/s1. The van der Waals surface area contributed by atoms with Gasteiger partial charge in [-0.25, -0.2) is 14.1 Å². The molecule has 3 aromatic heterocycles. The van der Waals surface area contributed by atoms with Crippen molar-refractivity contribution < 1.29 is 13.2 Å². The average molecular weight is 548 g/mol. The third-order valence-electron chi connectivity index (χ3n) is 6.30. The van der Waals surface area contributed by atoms with Gasteiger partial charge < -0.3 is 10.6 Å². The van der Waals surface area contributed by atoms with Gasteiger partial charge in [-0.3, -0.25) is 4.98 Å². The van der Waals surface area contributed by atoms with Crippen LogP contribution < -0.4 is 10.6 Å². The molecular weight excluding hydrogens is 519 g/mol. The van der Waals surface area contributed by atoms with Gasteiger partial charge in [-0.05, 0) is 37.5 Å². The van der Waals surface area contributed by atoms with E-state index in [1.54, 1.807) is 19.1 Å². The predicted molar refractivity (Wildman–Crippen MR) is 144 cm³/mol. The van der Waals surface area contributed by atoms with Crippen LogP contribution in [0.5, 0.6) is 0 Å². The molecule has 3 heterocycles. The van der Waals surface area contributed by atoms with E-state index >= 15 is 4.39 Å². The first-order chi connectivity index (χ1) is 19.0. The Morgan fingerprint density at radius 3 is 2.45 bits per heavy atom. The van der Waals surface area contributed by atoms with Crippen molar-refractivity contribution in [3.63, 3.8) is 0 Å². The molecule has 1 aromatic carbocycles. The lowest BCUT2D eigenvalue weighted by Crippen LogP contribution is -2.20. The van der Waals surface area contributed by atoms with Crippen molar-refractivity contribution in [2.24, 2.45) is 5.41 Å². The summed E-state index contributed by atoms with van der Waals surface area (Å²) in [7, 11) is 0. The minimum atomic E-state index is -1.03. The Morgan fingerprint density at radius 2 is 1.82 bits per heavy atom. The highest BCUT2D eigenvalue weighted by molar-refractivity contribution is 5.99. The largest absolute Gasteiger partial charge is 0.383 e. The Kier molecular flexibility index (Phi) is 7.91. The molecule has 206 valence electrons. The first-order valence-electron chi connectivity index (χ1n) is 12.5. The number of hydrogen-bond donors (Lipinski definition) is 2. The fourth-order valence-corrected chi connectivity index (χ4v) is 4.22. The van der Waals surface area contributed by atoms with Gasteiger partial charge in [0, 0.05) is 35.1 Å². The number of nitrogens with one attached hydrogen (secondary N) is 2. The zero-order valence-corrected chi connectivity index (χ0v) is 22.7. The van der Waals surface area contributed by atoms with Crippen LogP contribution in [-0.2, 0) is 0 Å². The number of alkyl halides is 1. The highest BCUT2D eigenvalue weighted by Gasteiger charge is 2.28. The highest BCUT2D eigenvalue weighted by Crippen LogP contribution is 2.35. The number of hydrogen-bond acceptors (Lipinski definition) is 8. The molecule has 9 nitrogen and oxygen atoms in total. The first-order valence-corrected chi connectivity index (χ1v) is 12.5. The monoisotopic (exact) mass is 547 g/mol. The SMILES string of the molecule is Cc1nc(F)ccc1[C@H](Nc1cc(C#N)c2ncc(C#N)c(NCC(C)(C)C)c2c1)c1nnn(C(C)CF)c1F.